The summed E-state index contributed by atoms with van der Waals surface area (Å²) in [6.45, 7) is 3.99. The van der Waals surface area contributed by atoms with Gasteiger partial charge in [-0.15, -0.1) is 0 Å². The van der Waals surface area contributed by atoms with E-state index in [4.69, 9.17) is 9.15 Å². The van der Waals surface area contributed by atoms with E-state index in [1.54, 1.807) is 6.92 Å². The molecule has 0 unspecified atom stereocenters. The first-order valence-electron chi connectivity index (χ1n) is 4.51. The molecule has 0 saturated heterocycles. The molecular formula is C10H13NO3. The Hall–Kier alpha value is -1.58. The number of hydrogen-bond acceptors (Lipinski definition) is 4. The van der Waals surface area contributed by atoms with E-state index in [1.165, 1.54) is 6.20 Å². The normalized spacial score (nSPS) is 10.7. The van der Waals surface area contributed by atoms with Crippen LogP contribution in [-0.4, -0.2) is 17.6 Å². The zero-order valence-corrected chi connectivity index (χ0v) is 8.32. The molecule has 76 valence electrons. The molecule has 0 spiro atoms. The quantitative estimate of drug-likeness (QED) is 0.544. The highest BCUT2D eigenvalue weighted by atomic mass is 16.5. The summed E-state index contributed by atoms with van der Waals surface area (Å²) in [5.41, 5.74) is 0. The lowest BCUT2D eigenvalue weighted by Crippen LogP contribution is -2.02. The van der Waals surface area contributed by atoms with E-state index in [9.17, 15) is 4.79 Å². The molecule has 0 aliphatic carbocycles. The minimum atomic E-state index is -0.466. The average molecular weight is 195 g/mol. The zero-order chi connectivity index (χ0) is 10.4. The molecule has 1 aromatic heterocycles. The Morgan fingerprint density at radius 2 is 2.50 bits per heavy atom. The first-order chi connectivity index (χ1) is 6.77. The average Bonchev–Trinajstić information content (AvgIpc) is 2.63. The lowest BCUT2D eigenvalue weighted by Gasteiger charge is -1.95. The fraction of sp³-hybridized carbons (Fsp3) is 0.400. The van der Waals surface area contributed by atoms with Crippen molar-refractivity contribution in [2.75, 3.05) is 6.61 Å². The van der Waals surface area contributed by atoms with Crippen LogP contribution in [0.15, 0.2) is 22.8 Å². The van der Waals surface area contributed by atoms with Gasteiger partial charge in [0.05, 0.1) is 12.8 Å². The van der Waals surface area contributed by atoms with Crippen molar-refractivity contribution in [3.05, 3.63) is 30.0 Å². The van der Waals surface area contributed by atoms with E-state index in [1.807, 2.05) is 19.1 Å². The molecule has 4 nitrogen and oxygen atoms in total. The Labute approximate surface area is 82.6 Å². The minimum Gasteiger partial charge on any atom is -0.460 e. The highest BCUT2D eigenvalue weighted by Gasteiger charge is 2.12. The Morgan fingerprint density at radius 3 is 3.14 bits per heavy atom. The Kier molecular flexibility index (Phi) is 3.91. The van der Waals surface area contributed by atoms with E-state index in [0.717, 1.165) is 0 Å². The third kappa shape index (κ3) is 2.73. The van der Waals surface area contributed by atoms with E-state index in [2.05, 4.69) is 4.98 Å². The van der Waals surface area contributed by atoms with Gasteiger partial charge >= 0.3 is 5.97 Å². The second-order valence-electron chi connectivity index (χ2n) is 2.61. The van der Waals surface area contributed by atoms with E-state index >= 15 is 0 Å². The van der Waals surface area contributed by atoms with Crippen LogP contribution in [-0.2, 0) is 11.2 Å². The van der Waals surface area contributed by atoms with Gasteiger partial charge in [0.25, 0.3) is 0 Å². The number of nitrogens with zero attached hydrogens (tertiary/aromatic N) is 1. The predicted molar refractivity (Wildman–Crippen MR) is 51.0 cm³/mol. The third-order valence-corrected chi connectivity index (χ3v) is 1.56. The van der Waals surface area contributed by atoms with Gasteiger partial charge in [0.15, 0.2) is 5.89 Å². The number of carbonyl (C=O) groups excluding carboxylic acids is 1. The minimum absolute atomic E-state index is 0.159. The monoisotopic (exact) mass is 195 g/mol. The summed E-state index contributed by atoms with van der Waals surface area (Å²) >= 11 is 0. The summed E-state index contributed by atoms with van der Waals surface area (Å²) < 4.78 is 9.92. The van der Waals surface area contributed by atoms with Crippen LogP contribution < -0.4 is 0 Å². The van der Waals surface area contributed by atoms with Crippen LogP contribution >= 0.6 is 0 Å². The maximum atomic E-state index is 11.2. The summed E-state index contributed by atoms with van der Waals surface area (Å²) in [7, 11) is 0. The van der Waals surface area contributed by atoms with Gasteiger partial charge in [-0.2, -0.15) is 0 Å². The van der Waals surface area contributed by atoms with Gasteiger partial charge in [-0.25, -0.2) is 9.78 Å². The predicted octanol–water partition coefficient (Wildman–Crippen LogP) is 1.97. The molecule has 14 heavy (non-hydrogen) atoms. The van der Waals surface area contributed by atoms with Crippen LogP contribution in [0.3, 0.4) is 0 Å². The van der Waals surface area contributed by atoms with Gasteiger partial charge in [0, 0.05) is 6.42 Å². The van der Waals surface area contributed by atoms with Crippen LogP contribution in [0.2, 0.25) is 0 Å². The fourth-order valence-corrected chi connectivity index (χ4v) is 0.920. The molecule has 1 heterocycles. The first kappa shape index (κ1) is 10.5. The number of carbonyl (C=O) groups is 1. The van der Waals surface area contributed by atoms with Gasteiger partial charge < -0.3 is 9.15 Å². The highest BCUT2D eigenvalue weighted by Crippen LogP contribution is 2.06. The summed E-state index contributed by atoms with van der Waals surface area (Å²) in [5.74, 6) is 0.212. The summed E-state index contributed by atoms with van der Waals surface area (Å²) in [6.07, 6.45) is 5.78. The van der Waals surface area contributed by atoms with E-state index in [-0.39, 0.29) is 5.76 Å². The Morgan fingerprint density at radius 1 is 1.71 bits per heavy atom. The molecule has 0 bridgehead atoms. The second-order valence-corrected chi connectivity index (χ2v) is 2.61. The van der Waals surface area contributed by atoms with Gasteiger partial charge in [0.2, 0.25) is 5.76 Å². The third-order valence-electron chi connectivity index (χ3n) is 1.56. The first-order valence-corrected chi connectivity index (χ1v) is 4.51. The summed E-state index contributed by atoms with van der Waals surface area (Å²) in [5, 5.41) is 0. The van der Waals surface area contributed by atoms with Gasteiger partial charge in [-0.3, -0.25) is 0 Å². The number of rotatable bonds is 4. The molecule has 0 aliphatic heterocycles. The van der Waals surface area contributed by atoms with Crippen LogP contribution in [0.25, 0.3) is 0 Å². The van der Waals surface area contributed by atoms with Gasteiger partial charge in [0.1, 0.15) is 0 Å². The van der Waals surface area contributed by atoms with Crippen molar-refractivity contribution < 1.29 is 13.9 Å². The largest absolute Gasteiger partial charge is 0.460 e. The van der Waals surface area contributed by atoms with Crippen molar-refractivity contribution in [2.45, 2.75) is 20.3 Å². The smallest absolute Gasteiger partial charge is 0.375 e. The topological polar surface area (TPSA) is 52.3 Å². The molecular weight excluding hydrogens is 182 g/mol. The standard InChI is InChI=1S/C10H13NO3/c1-3-5-6-9-11-7-8(14-9)10(12)13-4-2/h3,5,7H,4,6H2,1-2H3/b5-3+. The summed E-state index contributed by atoms with van der Waals surface area (Å²) in [6, 6.07) is 0. The number of esters is 1. The van der Waals surface area contributed by atoms with Crippen molar-refractivity contribution in [1.82, 2.24) is 4.98 Å². The van der Waals surface area contributed by atoms with Gasteiger partial charge in [-0.05, 0) is 13.8 Å². The molecule has 0 saturated carbocycles. The SMILES string of the molecule is C/C=C/Cc1ncc(C(=O)OCC)o1. The second kappa shape index (κ2) is 5.21. The van der Waals surface area contributed by atoms with Crippen molar-refractivity contribution in [3.63, 3.8) is 0 Å². The van der Waals surface area contributed by atoms with Crippen molar-refractivity contribution in [2.24, 2.45) is 0 Å². The number of ether oxygens (including phenoxy) is 1. The maximum absolute atomic E-state index is 11.2. The van der Waals surface area contributed by atoms with Crippen molar-refractivity contribution in [3.8, 4) is 0 Å². The van der Waals surface area contributed by atoms with E-state index in [0.29, 0.717) is 18.9 Å². The molecule has 0 radical (unpaired) electrons. The van der Waals surface area contributed by atoms with Crippen LogP contribution in [0.5, 0.6) is 0 Å². The molecule has 1 rings (SSSR count). The van der Waals surface area contributed by atoms with E-state index < -0.39 is 5.97 Å². The number of oxazole rings is 1. The summed E-state index contributed by atoms with van der Waals surface area (Å²) in [4.78, 5) is 15.1. The lowest BCUT2D eigenvalue weighted by molar-refractivity contribution is 0.0488. The maximum Gasteiger partial charge on any atom is 0.375 e. The number of aromatic nitrogens is 1. The molecule has 0 aliphatic rings. The number of allylic oxidation sites excluding steroid dienone is 2. The zero-order valence-electron chi connectivity index (χ0n) is 8.32. The molecule has 0 fully saturated rings. The molecule has 0 amide bonds. The molecule has 4 heteroatoms. The van der Waals surface area contributed by atoms with Crippen molar-refractivity contribution >= 4 is 5.97 Å². The van der Waals surface area contributed by atoms with Crippen molar-refractivity contribution in [1.29, 1.82) is 0 Å². The molecule has 0 N–H and O–H groups in total. The molecule has 1 aromatic rings. The molecule has 0 aromatic carbocycles. The van der Waals surface area contributed by atoms with Crippen LogP contribution in [0.1, 0.15) is 30.3 Å². The lowest BCUT2D eigenvalue weighted by atomic mass is 10.4. The highest BCUT2D eigenvalue weighted by molar-refractivity contribution is 5.85. The number of hydrogen-bond donors (Lipinski definition) is 0. The molecule has 0 atom stereocenters. The van der Waals surface area contributed by atoms with Crippen LogP contribution in [0, 0.1) is 0 Å². The Balaban J connectivity index is 2.62. The van der Waals surface area contributed by atoms with Crippen LogP contribution in [0.4, 0.5) is 0 Å². The Bertz CT molecular complexity index is 328. The fourth-order valence-electron chi connectivity index (χ4n) is 0.920. The van der Waals surface area contributed by atoms with Gasteiger partial charge in [-0.1, -0.05) is 12.2 Å².